The highest BCUT2D eigenvalue weighted by Crippen LogP contribution is 2.33. The fraction of sp³-hybridized carbons (Fsp3) is 0.667. The highest BCUT2D eigenvalue weighted by molar-refractivity contribution is 5.20. The molecule has 3 atom stereocenters. The summed E-state index contributed by atoms with van der Waals surface area (Å²) in [5.74, 6) is 1.26. The van der Waals surface area contributed by atoms with Crippen molar-refractivity contribution in [1.29, 1.82) is 0 Å². The van der Waals surface area contributed by atoms with Gasteiger partial charge in [-0.3, -0.25) is 0 Å². The van der Waals surface area contributed by atoms with Gasteiger partial charge in [0.25, 0.3) is 0 Å². The van der Waals surface area contributed by atoms with Gasteiger partial charge in [-0.25, -0.2) is 9.78 Å². The fourth-order valence-electron chi connectivity index (χ4n) is 2.82. The van der Waals surface area contributed by atoms with Crippen molar-refractivity contribution in [1.82, 2.24) is 0 Å². The first-order chi connectivity index (χ1) is 10.2. The quantitative estimate of drug-likeness (QED) is 0.343. The molecule has 3 nitrogen and oxygen atoms in total. The molecule has 21 heavy (non-hydrogen) atoms. The van der Waals surface area contributed by atoms with E-state index in [1.807, 2.05) is 0 Å². The van der Waals surface area contributed by atoms with Crippen molar-refractivity contribution in [3.8, 4) is 0 Å². The molecule has 0 radical (unpaired) electrons. The highest BCUT2D eigenvalue weighted by Gasteiger charge is 2.27. The van der Waals surface area contributed by atoms with Gasteiger partial charge >= 0.3 is 0 Å². The predicted molar refractivity (Wildman–Crippen MR) is 86.2 cm³/mol. The maximum atomic E-state index is 5.45. The molecule has 1 aromatic carbocycles. The third-order valence-electron chi connectivity index (χ3n) is 3.98. The van der Waals surface area contributed by atoms with Crippen LogP contribution in [0.15, 0.2) is 30.3 Å². The maximum Gasteiger partial charge on any atom is 0.0859 e. The second-order valence-corrected chi connectivity index (χ2v) is 5.63. The SMILES string of the molecule is CCCOOCC(C(C)COC)C(CC)c1ccccc1. The van der Waals surface area contributed by atoms with Crippen molar-refractivity contribution >= 4 is 0 Å². The number of rotatable bonds is 11. The molecule has 1 aromatic rings. The van der Waals surface area contributed by atoms with Crippen molar-refractivity contribution in [2.45, 2.75) is 39.5 Å². The van der Waals surface area contributed by atoms with E-state index >= 15 is 0 Å². The van der Waals surface area contributed by atoms with E-state index in [9.17, 15) is 0 Å². The van der Waals surface area contributed by atoms with E-state index in [0.717, 1.165) is 19.4 Å². The zero-order chi connectivity index (χ0) is 15.5. The van der Waals surface area contributed by atoms with Crippen molar-refractivity contribution < 1.29 is 14.5 Å². The molecule has 0 N–H and O–H groups in total. The Labute approximate surface area is 129 Å². The van der Waals surface area contributed by atoms with Crippen molar-refractivity contribution in [3.05, 3.63) is 35.9 Å². The minimum atomic E-state index is 0.384. The average molecular weight is 294 g/mol. The van der Waals surface area contributed by atoms with Crippen LogP contribution in [0.25, 0.3) is 0 Å². The molecule has 0 heterocycles. The highest BCUT2D eigenvalue weighted by atomic mass is 17.2. The topological polar surface area (TPSA) is 27.7 Å². The van der Waals surface area contributed by atoms with Crippen LogP contribution in [0.4, 0.5) is 0 Å². The summed E-state index contributed by atoms with van der Waals surface area (Å²) >= 11 is 0. The van der Waals surface area contributed by atoms with Gasteiger partial charge in [-0.15, -0.1) is 0 Å². The van der Waals surface area contributed by atoms with E-state index in [2.05, 4.69) is 51.1 Å². The number of ether oxygens (including phenoxy) is 1. The molecule has 1 rings (SSSR count). The zero-order valence-corrected chi connectivity index (χ0v) is 13.9. The molecule has 0 aliphatic carbocycles. The van der Waals surface area contributed by atoms with Crippen molar-refractivity contribution in [2.24, 2.45) is 11.8 Å². The Hall–Kier alpha value is -0.900. The summed E-state index contributed by atoms with van der Waals surface area (Å²) in [5.41, 5.74) is 1.37. The molecule has 0 spiro atoms. The van der Waals surface area contributed by atoms with Gasteiger partial charge in [0.15, 0.2) is 0 Å². The molecule has 120 valence electrons. The van der Waals surface area contributed by atoms with Crippen LogP contribution in [0, 0.1) is 11.8 Å². The van der Waals surface area contributed by atoms with E-state index in [4.69, 9.17) is 14.5 Å². The molecule has 0 amide bonds. The average Bonchev–Trinajstić information content (AvgIpc) is 2.51. The lowest BCUT2D eigenvalue weighted by Gasteiger charge is -2.31. The zero-order valence-electron chi connectivity index (χ0n) is 13.9. The standard InChI is InChI=1S/C18H30O3/c1-5-12-20-21-14-18(15(3)13-19-4)17(6-2)16-10-8-7-9-11-16/h7-11,15,17-18H,5-6,12-14H2,1-4H3. The van der Waals surface area contributed by atoms with Crippen LogP contribution in [0.1, 0.15) is 45.1 Å². The number of hydrogen-bond acceptors (Lipinski definition) is 3. The first kappa shape index (κ1) is 18.1. The third kappa shape index (κ3) is 6.16. The summed E-state index contributed by atoms with van der Waals surface area (Å²) in [7, 11) is 1.76. The predicted octanol–water partition coefficient (Wildman–Crippen LogP) is 4.44. The maximum absolute atomic E-state index is 5.45. The fourth-order valence-corrected chi connectivity index (χ4v) is 2.82. The first-order valence-electron chi connectivity index (χ1n) is 8.02. The Bertz CT molecular complexity index is 353. The smallest absolute Gasteiger partial charge is 0.0859 e. The molecule has 0 aliphatic heterocycles. The van der Waals surface area contributed by atoms with Gasteiger partial charge in [0.2, 0.25) is 0 Å². The minimum Gasteiger partial charge on any atom is -0.384 e. The number of hydrogen-bond donors (Lipinski definition) is 0. The second kappa shape index (κ2) is 10.8. The first-order valence-corrected chi connectivity index (χ1v) is 8.02. The van der Waals surface area contributed by atoms with E-state index in [-0.39, 0.29) is 0 Å². The van der Waals surface area contributed by atoms with Crippen LogP contribution >= 0.6 is 0 Å². The molecule has 0 saturated heterocycles. The van der Waals surface area contributed by atoms with Crippen LogP contribution in [0.5, 0.6) is 0 Å². The monoisotopic (exact) mass is 294 g/mol. The summed E-state index contributed by atoms with van der Waals surface area (Å²) in [4.78, 5) is 10.7. The van der Waals surface area contributed by atoms with E-state index in [0.29, 0.717) is 31.0 Å². The van der Waals surface area contributed by atoms with Gasteiger partial charge in [-0.05, 0) is 36.2 Å². The van der Waals surface area contributed by atoms with Gasteiger partial charge in [-0.2, -0.15) is 0 Å². The lowest BCUT2D eigenvalue weighted by molar-refractivity contribution is -0.304. The third-order valence-corrected chi connectivity index (χ3v) is 3.98. The second-order valence-electron chi connectivity index (χ2n) is 5.63. The Balaban J connectivity index is 2.76. The summed E-state index contributed by atoms with van der Waals surface area (Å²) in [6, 6.07) is 10.7. The molecule has 3 unspecified atom stereocenters. The number of methoxy groups -OCH3 is 1. The van der Waals surface area contributed by atoms with Crippen LogP contribution in [-0.2, 0) is 14.5 Å². The van der Waals surface area contributed by atoms with Crippen LogP contribution in [0.3, 0.4) is 0 Å². The molecule has 0 saturated carbocycles. The van der Waals surface area contributed by atoms with E-state index in [1.165, 1.54) is 5.56 Å². The molecular weight excluding hydrogens is 264 g/mol. The van der Waals surface area contributed by atoms with Gasteiger partial charge < -0.3 is 4.74 Å². The molecule has 0 fully saturated rings. The summed E-state index contributed by atoms with van der Waals surface area (Å²) < 4.78 is 5.35. The Kier molecular flexibility index (Phi) is 9.31. The Morgan fingerprint density at radius 2 is 1.71 bits per heavy atom. The van der Waals surface area contributed by atoms with Crippen LogP contribution < -0.4 is 0 Å². The van der Waals surface area contributed by atoms with Crippen molar-refractivity contribution in [2.75, 3.05) is 26.9 Å². The largest absolute Gasteiger partial charge is 0.384 e. The lowest BCUT2D eigenvalue weighted by Crippen LogP contribution is -2.28. The molecule has 0 aliphatic rings. The van der Waals surface area contributed by atoms with Crippen LogP contribution in [-0.4, -0.2) is 26.9 Å². The molecular formula is C18H30O3. The van der Waals surface area contributed by atoms with Gasteiger partial charge in [-0.1, -0.05) is 51.1 Å². The molecule has 0 bridgehead atoms. The van der Waals surface area contributed by atoms with Crippen molar-refractivity contribution in [3.63, 3.8) is 0 Å². The summed E-state index contributed by atoms with van der Waals surface area (Å²) in [6.07, 6.45) is 2.05. The van der Waals surface area contributed by atoms with Crippen LogP contribution in [0.2, 0.25) is 0 Å². The normalized spacial score (nSPS) is 15.6. The van der Waals surface area contributed by atoms with E-state index in [1.54, 1.807) is 7.11 Å². The lowest BCUT2D eigenvalue weighted by atomic mass is 9.78. The molecule has 0 aromatic heterocycles. The Morgan fingerprint density at radius 3 is 2.29 bits per heavy atom. The Morgan fingerprint density at radius 1 is 1.00 bits per heavy atom. The van der Waals surface area contributed by atoms with Gasteiger partial charge in [0.05, 0.1) is 13.2 Å². The minimum absolute atomic E-state index is 0.384. The number of benzene rings is 1. The summed E-state index contributed by atoms with van der Waals surface area (Å²) in [5, 5.41) is 0. The van der Waals surface area contributed by atoms with Gasteiger partial charge in [0, 0.05) is 13.7 Å². The summed E-state index contributed by atoms with van der Waals surface area (Å²) in [6.45, 7) is 8.53. The molecule has 3 heteroatoms. The van der Waals surface area contributed by atoms with E-state index < -0.39 is 0 Å². The van der Waals surface area contributed by atoms with Gasteiger partial charge in [0.1, 0.15) is 0 Å².